The van der Waals surface area contributed by atoms with Gasteiger partial charge in [-0.05, 0) is 25.7 Å². The highest BCUT2D eigenvalue weighted by molar-refractivity contribution is 7.90. The van der Waals surface area contributed by atoms with E-state index in [-0.39, 0.29) is 77.9 Å². The molecule has 0 bridgehead atoms. The van der Waals surface area contributed by atoms with Crippen molar-refractivity contribution in [2.75, 3.05) is 38.7 Å². The molecule has 254 valence electrons. The molecular weight excluding hydrogens is 622 g/mol. The highest BCUT2D eigenvalue weighted by Crippen LogP contribution is 2.13. The van der Waals surface area contributed by atoms with E-state index < -0.39 is 63.2 Å². The zero-order chi connectivity index (χ0) is 33.7. The van der Waals surface area contributed by atoms with Crippen LogP contribution in [0.15, 0.2) is 0 Å². The molecule has 0 radical (unpaired) electrons. The highest BCUT2D eigenvalue weighted by Gasteiger charge is 2.24. The molecule has 1 rings (SSSR count). The van der Waals surface area contributed by atoms with E-state index in [2.05, 4.69) is 31.3 Å². The van der Waals surface area contributed by atoms with Crippen molar-refractivity contribution in [2.24, 2.45) is 5.92 Å². The third kappa shape index (κ3) is 19.1. The highest BCUT2D eigenvalue weighted by atomic mass is 32.2. The molecule has 1 aromatic rings. The van der Waals surface area contributed by atoms with Gasteiger partial charge in [0.05, 0.1) is 31.5 Å². The summed E-state index contributed by atoms with van der Waals surface area (Å²) in [6.45, 7) is 1.58. The van der Waals surface area contributed by atoms with Gasteiger partial charge in [0.2, 0.25) is 27.7 Å². The van der Waals surface area contributed by atoms with Crippen LogP contribution in [-0.4, -0.2) is 119 Å². The van der Waals surface area contributed by atoms with Crippen LogP contribution in [0.5, 0.6) is 0 Å². The summed E-state index contributed by atoms with van der Waals surface area (Å²) in [5, 5.41) is 36.3. The fourth-order valence-electron chi connectivity index (χ4n) is 3.71. The quantitative estimate of drug-likeness (QED) is 0.0603. The Kier molecular flexibility index (Phi) is 18.7. The Labute approximate surface area is 259 Å². The molecule has 19 nitrogen and oxygen atoms in total. The molecule has 1 heterocycles. The molecule has 1 aromatic heterocycles. The van der Waals surface area contributed by atoms with E-state index in [0.29, 0.717) is 18.7 Å². The number of ketones is 1. The topological polar surface area (TPSA) is 286 Å². The van der Waals surface area contributed by atoms with Gasteiger partial charge in [-0.3, -0.25) is 28.7 Å². The van der Waals surface area contributed by atoms with Gasteiger partial charge in [-0.15, -0.1) is 10.2 Å². The van der Waals surface area contributed by atoms with Crippen LogP contribution in [0.3, 0.4) is 0 Å². The van der Waals surface area contributed by atoms with Gasteiger partial charge >= 0.3 is 11.9 Å². The van der Waals surface area contributed by atoms with E-state index in [1.165, 1.54) is 0 Å². The molecule has 0 saturated heterocycles. The maximum Gasteiger partial charge on any atom is 0.326 e. The number of nitrogens with zero attached hydrogens (tertiary/aromatic N) is 3. The van der Waals surface area contributed by atoms with Crippen LogP contribution in [0.2, 0.25) is 0 Å². The van der Waals surface area contributed by atoms with Gasteiger partial charge in [0.25, 0.3) is 0 Å². The van der Waals surface area contributed by atoms with Crippen LogP contribution < -0.4 is 15.4 Å². The fraction of sp³-hybridized carbons (Fsp3) is 0.720. The molecule has 20 heteroatoms. The monoisotopic (exact) mass is 663 g/mol. The first-order valence-corrected chi connectivity index (χ1v) is 15.9. The SMILES string of the molecule is CCC(NC(=O)CC[C@H](CC(=O)COCCOCCNC(=O)CCCS(=O)(=O)NC(=O)CCCc1nn[nH]n1)C(=O)O)C(=O)O. The zero-order valence-electron chi connectivity index (χ0n) is 25.0. The van der Waals surface area contributed by atoms with Crippen LogP contribution in [0.4, 0.5) is 0 Å². The van der Waals surface area contributed by atoms with Crippen LogP contribution >= 0.6 is 0 Å². The molecule has 0 spiro atoms. The maximum absolute atomic E-state index is 12.1. The van der Waals surface area contributed by atoms with Gasteiger partial charge in [0.1, 0.15) is 12.6 Å². The standard InChI is InChI=1S/C25H41N7O12S/c1-2-19(25(39)40)27-22(35)9-8-17(24(37)38)15-18(33)16-44-13-12-43-11-10-26-21(34)7-4-14-45(41,42)30-23(36)6-3-5-20-28-31-32-29-20/h17,19H,2-16H2,1H3,(H,26,34)(H,27,35)(H,30,36)(H,37,38)(H,39,40)(H,28,29,31,32)/t17-,19?/m1/s1. The van der Waals surface area contributed by atoms with Crippen molar-refractivity contribution in [2.45, 2.75) is 70.8 Å². The maximum atomic E-state index is 12.1. The Bertz CT molecular complexity index is 1210. The second kappa shape index (κ2) is 21.6. The first-order chi connectivity index (χ1) is 21.3. The van der Waals surface area contributed by atoms with Crippen LogP contribution in [-0.2, 0) is 54.7 Å². The van der Waals surface area contributed by atoms with Gasteiger partial charge in [0, 0.05) is 38.6 Å². The van der Waals surface area contributed by atoms with E-state index in [9.17, 15) is 42.3 Å². The van der Waals surface area contributed by atoms with Gasteiger partial charge in [-0.2, -0.15) is 5.21 Å². The van der Waals surface area contributed by atoms with Crippen molar-refractivity contribution < 1.29 is 56.9 Å². The predicted molar refractivity (Wildman–Crippen MR) is 153 cm³/mol. The molecular formula is C25H41N7O12S. The lowest BCUT2D eigenvalue weighted by molar-refractivity contribution is -0.145. The van der Waals surface area contributed by atoms with E-state index in [1.807, 2.05) is 4.72 Å². The Hall–Kier alpha value is -4.04. The molecule has 3 amide bonds. The summed E-state index contributed by atoms with van der Waals surface area (Å²) in [7, 11) is -3.89. The molecule has 6 N–H and O–H groups in total. The number of carboxylic acids is 2. The van der Waals surface area contributed by atoms with Gasteiger partial charge in [0.15, 0.2) is 11.6 Å². The number of hydrogen-bond acceptors (Lipinski definition) is 13. The minimum Gasteiger partial charge on any atom is -0.481 e. The normalized spacial score (nSPS) is 12.6. The number of ether oxygens (including phenoxy) is 2. The lowest BCUT2D eigenvalue weighted by atomic mass is 9.97. The van der Waals surface area contributed by atoms with Crippen molar-refractivity contribution in [3.8, 4) is 0 Å². The number of tetrazole rings is 1. The number of aromatic amines is 1. The third-order valence-corrected chi connectivity index (χ3v) is 7.43. The Balaban J connectivity index is 2.10. The number of rotatable bonds is 26. The van der Waals surface area contributed by atoms with Crippen molar-refractivity contribution in [3.05, 3.63) is 5.82 Å². The number of carboxylic acid groups (broad SMARTS) is 2. The molecule has 0 aliphatic rings. The number of aromatic nitrogens is 4. The lowest BCUT2D eigenvalue weighted by Crippen LogP contribution is -2.40. The summed E-state index contributed by atoms with van der Waals surface area (Å²) in [4.78, 5) is 70.2. The molecule has 0 saturated carbocycles. The van der Waals surface area contributed by atoms with E-state index >= 15 is 0 Å². The minimum atomic E-state index is -3.89. The molecule has 2 atom stereocenters. The third-order valence-electron chi connectivity index (χ3n) is 6.07. The summed E-state index contributed by atoms with van der Waals surface area (Å²) < 4.78 is 36.5. The van der Waals surface area contributed by atoms with Gasteiger partial charge in [-0.25, -0.2) is 13.2 Å². The Morgan fingerprint density at radius 1 is 0.911 bits per heavy atom. The lowest BCUT2D eigenvalue weighted by Gasteiger charge is -2.14. The second-order valence-corrected chi connectivity index (χ2v) is 11.7. The summed E-state index contributed by atoms with van der Waals surface area (Å²) in [5.74, 6) is -5.76. The van der Waals surface area contributed by atoms with Crippen molar-refractivity contribution in [3.63, 3.8) is 0 Å². The molecule has 0 aliphatic carbocycles. The number of aliphatic carboxylic acids is 2. The minimum absolute atomic E-state index is 0.00000913. The molecule has 0 fully saturated rings. The van der Waals surface area contributed by atoms with Crippen molar-refractivity contribution in [1.82, 2.24) is 36.0 Å². The number of sulfonamides is 1. The summed E-state index contributed by atoms with van der Waals surface area (Å²) in [6.07, 6.45) is -0.00745. The van der Waals surface area contributed by atoms with Crippen LogP contribution in [0.1, 0.15) is 64.1 Å². The summed E-state index contributed by atoms with van der Waals surface area (Å²) in [6, 6.07) is -1.07. The predicted octanol–water partition coefficient (Wildman–Crippen LogP) is -1.68. The first kappa shape index (κ1) is 39.0. The van der Waals surface area contributed by atoms with Crippen LogP contribution in [0, 0.1) is 5.92 Å². The Morgan fingerprint density at radius 3 is 2.27 bits per heavy atom. The van der Waals surface area contributed by atoms with E-state index in [4.69, 9.17) is 14.6 Å². The summed E-state index contributed by atoms with van der Waals surface area (Å²) >= 11 is 0. The average Bonchev–Trinajstić information content (AvgIpc) is 3.48. The van der Waals surface area contributed by atoms with Crippen molar-refractivity contribution in [1.29, 1.82) is 0 Å². The van der Waals surface area contributed by atoms with E-state index in [0.717, 1.165) is 0 Å². The number of nitrogens with one attached hydrogen (secondary N) is 4. The number of Topliss-reactive ketones (excluding diaryl/α,β-unsaturated/α-hetero) is 1. The number of carbonyl (C=O) groups excluding carboxylic acids is 4. The van der Waals surface area contributed by atoms with Crippen LogP contribution in [0.25, 0.3) is 0 Å². The van der Waals surface area contributed by atoms with Gasteiger partial charge < -0.3 is 30.3 Å². The largest absolute Gasteiger partial charge is 0.481 e. The number of hydrogen-bond donors (Lipinski definition) is 6. The van der Waals surface area contributed by atoms with Gasteiger partial charge in [-0.1, -0.05) is 12.1 Å². The average molecular weight is 664 g/mol. The number of aryl methyl sites for hydroxylation is 1. The first-order valence-electron chi connectivity index (χ1n) is 14.3. The number of amides is 3. The van der Waals surface area contributed by atoms with E-state index in [1.54, 1.807) is 6.92 Å². The van der Waals surface area contributed by atoms with Crippen molar-refractivity contribution >= 4 is 45.5 Å². The molecule has 45 heavy (non-hydrogen) atoms. The molecule has 1 unspecified atom stereocenters. The molecule has 0 aliphatic heterocycles. The number of carbonyl (C=O) groups is 6. The summed E-state index contributed by atoms with van der Waals surface area (Å²) in [5.41, 5.74) is 0. The second-order valence-electron chi connectivity index (χ2n) is 9.83. The fourth-order valence-corrected chi connectivity index (χ4v) is 4.78. The molecule has 0 aromatic carbocycles. The zero-order valence-corrected chi connectivity index (χ0v) is 25.8. The smallest absolute Gasteiger partial charge is 0.326 e. The number of H-pyrrole nitrogens is 1. The Morgan fingerprint density at radius 2 is 1.62 bits per heavy atom.